The summed E-state index contributed by atoms with van der Waals surface area (Å²) in [6.07, 6.45) is 4.67. The number of nitrogens with zero attached hydrogens (tertiary/aromatic N) is 2. The lowest BCUT2D eigenvalue weighted by atomic mass is 9.66. The molecule has 1 aliphatic carbocycles. The molecule has 1 saturated heterocycles. The monoisotopic (exact) mass is 414 g/mol. The van der Waals surface area contributed by atoms with Crippen molar-refractivity contribution < 1.29 is 9.90 Å². The number of hydrogen-bond donors (Lipinski definition) is 1. The maximum atomic E-state index is 13.1. The first-order valence-electron chi connectivity index (χ1n) is 9.31. The molecule has 5 heteroatoms. The van der Waals surface area contributed by atoms with E-state index >= 15 is 0 Å². The molecule has 1 aliphatic heterocycles. The molecule has 2 heterocycles. The van der Waals surface area contributed by atoms with E-state index in [0.29, 0.717) is 23.3 Å². The van der Waals surface area contributed by atoms with E-state index in [4.69, 9.17) is 0 Å². The lowest BCUT2D eigenvalue weighted by Gasteiger charge is -2.52. The molecule has 26 heavy (non-hydrogen) atoms. The number of aromatic nitrogens is 1. The summed E-state index contributed by atoms with van der Waals surface area (Å²) in [4.78, 5) is 19.4. The number of aliphatic hydroxyl groups is 1. The van der Waals surface area contributed by atoms with Gasteiger partial charge >= 0.3 is 0 Å². The number of pyridine rings is 1. The fraction of sp³-hybridized carbons (Fsp3) is 0.429. The highest BCUT2D eigenvalue weighted by atomic mass is 79.9. The van der Waals surface area contributed by atoms with Gasteiger partial charge in [0, 0.05) is 18.5 Å². The van der Waals surface area contributed by atoms with E-state index in [2.05, 4.69) is 20.9 Å². The van der Waals surface area contributed by atoms with Gasteiger partial charge < -0.3 is 10.0 Å². The number of carbonyl (C=O) groups is 1. The summed E-state index contributed by atoms with van der Waals surface area (Å²) >= 11 is 3.35. The Balaban J connectivity index is 1.66. The fourth-order valence-corrected chi connectivity index (χ4v) is 5.04. The average molecular weight is 415 g/mol. The van der Waals surface area contributed by atoms with Crippen molar-refractivity contribution in [2.45, 2.75) is 43.7 Å². The topological polar surface area (TPSA) is 53.4 Å². The molecule has 3 atom stereocenters. The van der Waals surface area contributed by atoms with E-state index in [0.717, 1.165) is 31.2 Å². The molecule has 2 fully saturated rings. The molecule has 136 valence electrons. The van der Waals surface area contributed by atoms with Crippen molar-refractivity contribution in [1.82, 2.24) is 9.88 Å². The van der Waals surface area contributed by atoms with Crippen LogP contribution in [0.3, 0.4) is 0 Å². The Morgan fingerprint density at radius 2 is 1.88 bits per heavy atom. The van der Waals surface area contributed by atoms with Crippen LogP contribution in [0.1, 0.15) is 48.2 Å². The molecule has 1 amide bonds. The Labute approximate surface area is 162 Å². The number of likely N-dealkylation sites (tertiary alicyclic amines) is 1. The number of piperidine rings is 1. The molecule has 2 aliphatic rings. The van der Waals surface area contributed by atoms with Crippen LogP contribution in [0.25, 0.3) is 0 Å². The number of carbonyl (C=O) groups excluding carboxylic acids is 1. The van der Waals surface area contributed by atoms with Gasteiger partial charge in [-0.15, -0.1) is 0 Å². The standard InChI is InChI=1S/C21H23BrN2O2/c22-19-12-6-10-17(23-19)20(25)24-14-13-21(26,15-7-2-1-3-8-15)16-9-4-5-11-18(16)24/h1-3,6-8,10,12,16,18,26H,4-5,9,11,13-14H2/t16-,18+,21?/m1/s1. The second kappa shape index (κ2) is 7.12. The fourth-order valence-electron chi connectivity index (χ4n) is 4.70. The largest absolute Gasteiger partial charge is 0.385 e. The molecular formula is C21H23BrN2O2. The van der Waals surface area contributed by atoms with Crippen molar-refractivity contribution in [1.29, 1.82) is 0 Å². The van der Waals surface area contributed by atoms with Crippen molar-refractivity contribution in [2.75, 3.05) is 6.54 Å². The summed E-state index contributed by atoms with van der Waals surface area (Å²) in [5.74, 6) is 0.0433. The van der Waals surface area contributed by atoms with Crippen molar-refractivity contribution in [3.05, 3.63) is 64.4 Å². The molecule has 0 bridgehead atoms. The Morgan fingerprint density at radius 3 is 2.65 bits per heavy atom. The van der Waals surface area contributed by atoms with Crippen LogP contribution in [0, 0.1) is 5.92 Å². The van der Waals surface area contributed by atoms with Crippen molar-refractivity contribution in [3.63, 3.8) is 0 Å². The second-order valence-electron chi connectivity index (χ2n) is 7.34. The average Bonchev–Trinajstić information content (AvgIpc) is 2.69. The van der Waals surface area contributed by atoms with E-state index in [1.165, 1.54) is 0 Å². The SMILES string of the molecule is O=C(c1cccc(Br)n1)N1CCC(O)(c2ccccc2)[C@@H]2CCCC[C@@H]21. The van der Waals surface area contributed by atoms with E-state index in [-0.39, 0.29) is 17.9 Å². The second-order valence-corrected chi connectivity index (χ2v) is 8.16. The van der Waals surface area contributed by atoms with Crippen LogP contribution in [-0.2, 0) is 5.60 Å². The summed E-state index contributed by atoms with van der Waals surface area (Å²) < 4.78 is 0.668. The quantitative estimate of drug-likeness (QED) is 0.751. The Morgan fingerprint density at radius 1 is 1.12 bits per heavy atom. The number of hydrogen-bond acceptors (Lipinski definition) is 3. The predicted octanol–water partition coefficient (Wildman–Crippen LogP) is 4.14. The van der Waals surface area contributed by atoms with Crippen molar-refractivity contribution >= 4 is 21.8 Å². The van der Waals surface area contributed by atoms with Gasteiger partial charge in [0.2, 0.25) is 0 Å². The van der Waals surface area contributed by atoms with Crippen LogP contribution in [0.4, 0.5) is 0 Å². The highest BCUT2D eigenvalue weighted by Crippen LogP contribution is 2.47. The summed E-state index contributed by atoms with van der Waals surface area (Å²) in [5.41, 5.74) is 0.590. The third-order valence-electron chi connectivity index (χ3n) is 5.95. The van der Waals surface area contributed by atoms with Crippen LogP contribution in [0.15, 0.2) is 53.1 Å². The van der Waals surface area contributed by atoms with E-state index < -0.39 is 5.60 Å². The Kier molecular flexibility index (Phi) is 4.84. The minimum atomic E-state index is -0.853. The van der Waals surface area contributed by atoms with Crippen LogP contribution in [0.2, 0.25) is 0 Å². The van der Waals surface area contributed by atoms with Gasteiger partial charge in [0.15, 0.2) is 0 Å². The van der Waals surface area contributed by atoms with E-state index in [1.54, 1.807) is 6.07 Å². The number of rotatable bonds is 2. The van der Waals surface area contributed by atoms with E-state index in [1.807, 2.05) is 47.4 Å². The highest BCUT2D eigenvalue weighted by molar-refractivity contribution is 9.10. The zero-order chi connectivity index (χ0) is 18.1. The number of benzene rings is 1. The van der Waals surface area contributed by atoms with Crippen LogP contribution < -0.4 is 0 Å². The highest BCUT2D eigenvalue weighted by Gasteiger charge is 2.50. The van der Waals surface area contributed by atoms with Crippen LogP contribution in [0.5, 0.6) is 0 Å². The predicted molar refractivity (Wildman–Crippen MR) is 104 cm³/mol. The molecule has 1 N–H and O–H groups in total. The zero-order valence-electron chi connectivity index (χ0n) is 14.6. The number of amides is 1. The van der Waals surface area contributed by atoms with Gasteiger partial charge in [0.1, 0.15) is 10.3 Å². The Hall–Kier alpha value is -1.72. The lowest BCUT2D eigenvalue weighted by molar-refractivity contribution is -0.110. The maximum absolute atomic E-state index is 13.1. The van der Waals surface area contributed by atoms with Gasteiger partial charge in [0.05, 0.1) is 5.60 Å². The molecule has 4 nitrogen and oxygen atoms in total. The van der Waals surface area contributed by atoms with Gasteiger partial charge in [-0.25, -0.2) is 4.98 Å². The first-order valence-corrected chi connectivity index (χ1v) is 10.1. The molecule has 1 aromatic heterocycles. The van der Waals surface area contributed by atoms with Crippen molar-refractivity contribution in [2.24, 2.45) is 5.92 Å². The Bertz CT molecular complexity index is 798. The zero-order valence-corrected chi connectivity index (χ0v) is 16.2. The van der Waals surface area contributed by atoms with Crippen LogP contribution >= 0.6 is 15.9 Å². The van der Waals surface area contributed by atoms with Crippen molar-refractivity contribution in [3.8, 4) is 0 Å². The molecule has 4 rings (SSSR count). The van der Waals surface area contributed by atoms with Gasteiger partial charge in [-0.2, -0.15) is 0 Å². The first-order chi connectivity index (χ1) is 12.6. The van der Waals surface area contributed by atoms with Gasteiger partial charge in [0.25, 0.3) is 5.91 Å². The molecule has 0 radical (unpaired) electrons. The molecule has 0 spiro atoms. The minimum Gasteiger partial charge on any atom is -0.385 e. The van der Waals surface area contributed by atoms with Gasteiger partial charge in [-0.05, 0) is 52.9 Å². The third-order valence-corrected chi connectivity index (χ3v) is 6.39. The van der Waals surface area contributed by atoms with Gasteiger partial charge in [-0.1, -0.05) is 49.2 Å². The normalized spacial score (nSPS) is 28.5. The lowest BCUT2D eigenvalue weighted by Crippen LogP contribution is -2.59. The molecule has 1 unspecified atom stereocenters. The van der Waals surface area contributed by atoms with E-state index in [9.17, 15) is 9.90 Å². The molecule has 2 aromatic rings. The minimum absolute atomic E-state index is 0.0293. The number of fused-ring (bicyclic) bond motifs is 1. The molecule has 1 saturated carbocycles. The number of halogens is 1. The maximum Gasteiger partial charge on any atom is 0.272 e. The summed E-state index contributed by atoms with van der Waals surface area (Å²) in [6.45, 7) is 0.555. The summed E-state index contributed by atoms with van der Waals surface area (Å²) in [5, 5.41) is 11.6. The first kappa shape index (κ1) is 17.7. The van der Waals surface area contributed by atoms with Gasteiger partial charge in [-0.3, -0.25) is 4.79 Å². The molecule has 1 aromatic carbocycles. The van der Waals surface area contributed by atoms with Crippen LogP contribution in [-0.4, -0.2) is 33.5 Å². The summed E-state index contributed by atoms with van der Waals surface area (Å²) in [6, 6.07) is 15.5. The summed E-state index contributed by atoms with van der Waals surface area (Å²) in [7, 11) is 0. The smallest absolute Gasteiger partial charge is 0.272 e. The molecular weight excluding hydrogens is 392 g/mol. The third kappa shape index (κ3) is 3.08.